The van der Waals surface area contributed by atoms with E-state index in [4.69, 9.17) is 5.11 Å². The van der Waals surface area contributed by atoms with Crippen LogP contribution in [0, 0.1) is 12.8 Å². The van der Waals surface area contributed by atoms with Gasteiger partial charge in [0.1, 0.15) is 0 Å². The number of aryl methyl sites for hydroxylation is 1. The number of benzene rings is 1. The van der Waals surface area contributed by atoms with Gasteiger partial charge in [-0.25, -0.2) is 0 Å². The molecule has 2 heteroatoms. The molecule has 0 saturated heterocycles. The Balaban J connectivity index is 2.89. The SMILES string of the molecule is Cc1cc(CC(=O)O)cc(CC(C)C)c1. The van der Waals surface area contributed by atoms with Crippen LogP contribution in [-0.2, 0) is 17.6 Å². The van der Waals surface area contributed by atoms with E-state index in [-0.39, 0.29) is 6.42 Å². The van der Waals surface area contributed by atoms with Gasteiger partial charge < -0.3 is 5.11 Å². The minimum atomic E-state index is -0.768. The molecule has 0 aliphatic rings. The van der Waals surface area contributed by atoms with Gasteiger partial charge in [0.25, 0.3) is 0 Å². The van der Waals surface area contributed by atoms with Gasteiger partial charge in [0.05, 0.1) is 6.42 Å². The van der Waals surface area contributed by atoms with Crippen LogP contribution < -0.4 is 0 Å². The summed E-state index contributed by atoms with van der Waals surface area (Å²) < 4.78 is 0. The first-order chi connectivity index (χ1) is 6.97. The molecule has 0 unspecified atom stereocenters. The fourth-order valence-electron chi connectivity index (χ4n) is 1.81. The van der Waals surface area contributed by atoms with Gasteiger partial charge >= 0.3 is 5.97 Å². The topological polar surface area (TPSA) is 37.3 Å². The summed E-state index contributed by atoms with van der Waals surface area (Å²) >= 11 is 0. The molecule has 1 aromatic rings. The normalized spacial score (nSPS) is 10.7. The van der Waals surface area contributed by atoms with Gasteiger partial charge in [-0.2, -0.15) is 0 Å². The van der Waals surface area contributed by atoms with Crippen molar-refractivity contribution in [2.45, 2.75) is 33.6 Å². The Morgan fingerprint density at radius 2 is 1.87 bits per heavy atom. The summed E-state index contributed by atoms with van der Waals surface area (Å²) in [7, 11) is 0. The Hall–Kier alpha value is -1.31. The van der Waals surface area contributed by atoms with E-state index in [1.165, 1.54) is 5.56 Å². The minimum Gasteiger partial charge on any atom is -0.481 e. The van der Waals surface area contributed by atoms with Crippen LogP contribution >= 0.6 is 0 Å². The smallest absolute Gasteiger partial charge is 0.307 e. The van der Waals surface area contributed by atoms with Gasteiger partial charge in [-0.1, -0.05) is 37.6 Å². The van der Waals surface area contributed by atoms with Crippen molar-refractivity contribution >= 4 is 5.97 Å². The number of carbonyl (C=O) groups is 1. The number of aliphatic carboxylic acids is 1. The maximum absolute atomic E-state index is 10.6. The molecule has 0 aliphatic heterocycles. The summed E-state index contributed by atoms with van der Waals surface area (Å²) in [5, 5.41) is 8.73. The van der Waals surface area contributed by atoms with E-state index < -0.39 is 5.97 Å². The summed E-state index contributed by atoms with van der Waals surface area (Å²) in [5.41, 5.74) is 3.28. The second-order valence-electron chi connectivity index (χ2n) is 4.50. The molecule has 0 atom stereocenters. The van der Waals surface area contributed by atoms with Crippen molar-refractivity contribution in [2.75, 3.05) is 0 Å². The molecule has 0 aromatic heterocycles. The minimum absolute atomic E-state index is 0.118. The summed E-state index contributed by atoms with van der Waals surface area (Å²) in [6.07, 6.45) is 1.13. The van der Waals surface area contributed by atoms with Gasteiger partial charge in [-0.3, -0.25) is 4.79 Å². The van der Waals surface area contributed by atoms with Gasteiger partial charge in [0.2, 0.25) is 0 Å². The van der Waals surface area contributed by atoms with E-state index in [1.54, 1.807) is 0 Å². The van der Waals surface area contributed by atoms with E-state index in [2.05, 4.69) is 19.9 Å². The predicted octanol–water partition coefficient (Wildman–Crippen LogP) is 2.82. The average Bonchev–Trinajstić information content (AvgIpc) is 1.98. The first-order valence-corrected chi connectivity index (χ1v) is 5.28. The summed E-state index contributed by atoms with van der Waals surface area (Å²) in [6.45, 7) is 6.34. The first-order valence-electron chi connectivity index (χ1n) is 5.28. The van der Waals surface area contributed by atoms with Gasteiger partial charge in [0.15, 0.2) is 0 Å². The van der Waals surface area contributed by atoms with Crippen LogP contribution in [0.3, 0.4) is 0 Å². The fourth-order valence-corrected chi connectivity index (χ4v) is 1.81. The monoisotopic (exact) mass is 206 g/mol. The number of rotatable bonds is 4. The highest BCUT2D eigenvalue weighted by Crippen LogP contribution is 2.14. The second kappa shape index (κ2) is 4.96. The zero-order valence-corrected chi connectivity index (χ0v) is 9.58. The van der Waals surface area contributed by atoms with Crippen LogP contribution in [0.2, 0.25) is 0 Å². The Kier molecular flexibility index (Phi) is 3.89. The average molecular weight is 206 g/mol. The van der Waals surface area contributed by atoms with Gasteiger partial charge in [0, 0.05) is 0 Å². The Morgan fingerprint density at radius 1 is 1.27 bits per heavy atom. The van der Waals surface area contributed by atoms with Crippen molar-refractivity contribution in [3.05, 3.63) is 34.9 Å². The largest absolute Gasteiger partial charge is 0.481 e. The number of hydrogen-bond acceptors (Lipinski definition) is 1. The summed E-state index contributed by atoms with van der Waals surface area (Å²) in [6, 6.07) is 6.07. The van der Waals surface area contributed by atoms with Crippen molar-refractivity contribution in [2.24, 2.45) is 5.92 Å². The molecule has 0 radical (unpaired) electrons. The second-order valence-corrected chi connectivity index (χ2v) is 4.50. The molecule has 0 heterocycles. The lowest BCUT2D eigenvalue weighted by Crippen LogP contribution is -2.02. The van der Waals surface area contributed by atoms with Crippen LogP contribution in [0.25, 0.3) is 0 Å². The zero-order valence-electron chi connectivity index (χ0n) is 9.58. The predicted molar refractivity (Wildman–Crippen MR) is 61.1 cm³/mol. The van der Waals surface area contributed by atoms with Crippen molar-refractivity contribution < 1.29 is 9.90 Å². The molecular weight excluding hydrogens is 188 g/mol. The number of carboxylic acids is 1. The Morgan fingerprint density at radius 3 is 2.40 bits per heavy atom. The summed E-state index contributed by atoms with van der Waals surface area (Å²) in [4.78, 5) is 10.6. The maximum atomic E-state index is 10.6. The fraction of sp³-hybridized carbons (Fsp3) is 0.462. The first kappa shape index (κ1) is 11.8. The highest BCUT2D eigenvalue weighted by molar-refractivity contribution is 5.70. The van der Waals surface area contributed by atoms with Crippen LogP contribution in [0.1, 0.15) is 30.5 Å². The van der Waals surface area contributed by atoms with Gasteiger partial charge in [-0.15, -0.1) is 0 Å². The quantitative estimate of drug-likeness (QED) is 0.822. The van der Waals surface area contributed by atoms with E-state index in [0.29, 0.717) is 5.92 Å². The Labute approximate surface area is 90.9 Å². The van der Waals surface area contributed by atoms with Crippen molar-refractivity contribution in [3.8, 4) is 0 Å². The third kappa shape index (κ3) is 4.15. The lowest BCUT2D eigenvalue weighted by molar-refractivity contribution is -0.136. The zero-order chi connectivity index (χ0) is 11.4. The van der Waals surface area contributed by atoms with E-state index in [9.17, 15) is 4.79 Å². The summed E-state index contributed by atoms with van der Waals surface area (Å²) in [5.74, 6) is -0.166. The molecule has 0 amide bonds. The van der Waals surface area contributed by atoms with E-state index in [0.717, 1.165) is 17.5 Å². The van der Waals surface area contributed by atoms with E-state index in [1.807, 2.05) is 19.1 Å². The lowest BCUT2D eigenvalue weighted by Gasteiger charge is -2.08. The standard InChI is InChI=1S/C13H18O2/c1-9(2)4-11-5-10(3)6-12(7-11)8-13(14)15/h5-7,9H,4,8H2,1-3H3,(H,14,15). The molecule has 0 fully saturated rings. The molecule has 0 saturated carbocycles. The number of carboxylic acid groups (broad SMARTS) is 1. The van der Waals surface area contributed by atoms with Crippen molar-refractivity contribution in [1.29, 1.82) is 0 Å². The Bertz CT molecular complexity index is 354. The van der Waals surface area contributed by atoms with Crippen molar-refractivity contribution in [3.63, 3.8) is 0 Å². The molecule has 0 spiro atoms. The van der Waals surface area contributed by atoms with Crippen LogP contribution in [0.15, 0.2) is 18.2 Å². The van der Waals surface area contributed by atoms with Crippen LogP contribution in [0.5, 0.6) is 0 Å². The highest BCUT2D eigenvalue weighted by Gasteiger charge is 2.04. The molecule has 15 heavy (non-hydrogen) atoms. The third-order valence-corrected chi connectivity index (χ3v) is 2.20. The molecule has 2 nitrogen and oxygen atoms in total. The third-order valence-electron chi connectivity index (χ3n) is 2.20. The number of hydrogen-bond donors (Lipinski definition) is 1. The van der Waals surface area contributed by atoms with Crippen LogP contribution in [0.4, 0.5) is 0 Å². The maximum Gasteiger partial charge on any atom is 0.307 e. The lowest BCUT2D eigenvalue weighted by atomic mass is 9.98. The molecule has 0 bridgehead atoms. The van der Waals surface area contributed by atoms with Crippen molar-refractivity contribution in [1.82, 2.24) is 0 Å². The van der Waals surface area contributed by atoms with Crippen LogP contribution in [-0.4, -0.2) is 11.1 Å². The highest BCUT2D eigenvalue weighted by atomic mass is 16.4. The van der Waals surface area contributed by atoms with Gasteiger partial charge in [-0.05, 0) is 30.4 Å². The molecule has 82 valence electrons. The van der Waals surface area contributed by atoms with E-state index >= 15 is 0 Å². The molecule has 0 aliphatic carbocycles. The molecule has 1 N–H and O–H groups in total. The molecule has 1 rings (SSSR count). The molecule has 1 aromatic carbocycles. The molecular formula is C13H18O2.